The Balaban J connectivity index is 2.00. The van der Waals surface area contributed by atoms with Crippen LogP contribution in [-0.4, -0.2) is 25.0 Å². The van der Waals surface area contributed by atoms with Crippen molar-refractivity contribution in [3.8, 4) is 17.1 Å². The maximum absolute atomic E-state index is 10.6. The zero-order valence-corrected chi connectivity index (χ0v) is 15.4. The number of anilines is 1. The second kappa shape index (κ2) is 5.73. The Kier molecular flexibility index (Phi) is 3.61. The van der Waals surface area contributed by atoms with Crippen LogP contribution in [0.3, 0.4) is 0 Å². The quantitative estimate of drug-likeness (QED) is 0.548. The number of fused-ring (bicyclic) bond motifs is 2. The molecule has 0 radical (unpaired) electrons. The number of nitrogens with one attached hydrogen (secondary N) is 1. The van der Waals surface area contributed by atoms with Crippen LogP contribution in [0.15, 0.2) is 48.7 Å². The molecule has 0 aliphatic heterocycles. The molecule has 5 heteroatoms. The maximum Gasteiger partial charge on any atom is 0.221 e. The molecule has 0 amide bonds. The summed E-state index contributed by atoms with van der Waals surface area (Å²) in [5, 5.41) is 15.1. The first kappa shape index (κ1) is 16.4. The Morgan fingerprint density at radius 2 is 1.85 bits per heavy atom. The fourth-order valence-corrected chi connectivity index (χ4v) is 3.12. The molecule has 0 atom stereocenters. The topological polar surface area (TPSA) is 62.5 Å². The molecule has 0 spiro atoms. The lowest BCUT2D eigenvalue weighted by molar-refractivity contribution is 0.458. The number of aryl methyl sites for hydroxylation is 1. The summed E-state index contributed by atoms with van der Waals surface area (Å²) in [4.78, 5) is 9.14. The highest BCUT2D eigenvalue weighted by Gasteiger charge is 2.22. The molecule has 132 valence electrons. The number of nitrogens with zero attached hydrogens (tertiary/aromatic N) is 3. The maximum atomic E-state index is 10.6. The van der Waals surface area contributed by atoms with Crippen LogP contribution in [0, 0.1) is 6.92 Å². The molecule has 0 bridgehead atoms. The Bertz CT molecular complexity index is 1120. The van der Waals surface area contributed by atoms with E-state index in [-0.39, 0.29) is 11.4 Å². The summed E-state index contributed by atoms with van der Waals surface area (Å²) in [6, 6.07) is 13.8. The van der Waals surface area contributed by atoms with Gasteiger partial charge in [-0.25, -0.2) is 9.97 Å². The highest BCUT2D eigenvalue weighted by molar-refractivity contribution is 5.89. The predicted molar refractivity (Wildman–Crippen MR) is 106 cm³/mol. The molecule has 1 aromatic carbocycles. The lowest BCUT2D eigenvalue weighted by atomic mass is 10.1. The SMILES string of the molecule is Cc1ccc2nc(O)c(-c3nc4ccccn4c3NC(C)(C)C)cc2c1. The van der Waals surface area contributed by atoms with Gasteiger partial charge in [0.25, 0.3) is 0 Å². The van der Waals surface area contributed by atoms with Crippen LogP contribution in [0.4, 0.5) is 5.82 Å². The summed E-state index contributed by atoms with van der Waals surface area (Å²) in [5.74, 6) is 0.832. The number of rotatable bonds is 2. The summed E-state index contributed by atoms with van der Waals surface area (Å²) in [7, 11) is 0. The third kappa shape index (κ3) is 2.86. The van der Waals surface area contributed by atoms with Crippen molar-refractivity contribution in [2.45, 2.75) is 33.2 Å². The summed E-state index contributed by atoms with van der Waals surface area (Å²) in [5.41, 5.74) is 3.90. The first-order valence-corrected chi connectivity index (χ1v) is 8.68. The minimum absolute atomic E-state index is 0.0123. The van der Waals surface area contributed by atoms with E-state index >= 15 is 0 Å². The second-order valence-electron chi connectivity index (χ2n) is 7.67. The van der Waals surface area contributed by atoms with Gasteiger partial charge in [-0.3, -0.25) is 4.40 Å². The molecule has 0 fully saturated rings. The van der Waals surface area contributed by atoms with Crippen LogP contribution < -0.4 is 5.32 Å². The van der Waals surface area contributed by atoms with Crippen LogP contribution in [0.25, 0.3) is 27.8 Å². The molecule has 3 heterocycles. The van der Waals surface area contributed by atoms with Gasteiger partial charge in [0, 0.05) is 17.1 Å². The number of hydrogen-bond acceptors (Lipinski definition) is 4. The summed E-state index contributed by atoms with van der Waals surface area (Å²) in [6.07, 6.45) is 1.97. The molecule has 0 unspecified atom stereocenters. The minimum Gasteiger partial charge on any atom is -0.493 e. The van der Waals surface area contributed by atoms with Gasteiger partial charge in [-0.1, -0.05) is 17.7 Å². The van der Waals surface area contributed by atoms with E-state index in [1.54, 1.807) is 0 Å². The number of hydrogen-bond donors (Lipinski definition) is 2. The second-order valence-corrected chi connectivity index (χ2v) is 7.67. The van der Waals surface area contributed by atoms with Gasteiger partial charge in [0.2, 0.25) is 5.88 Å². The van der Waals surface area contributed by atoms with Gasteiger partial charge in [0.1, 0.15) is 17.2 Å². The minimum atomic E-state index is -0.156. The van der Waals surface area contributed by atoms with Crippen molar-refractivity contribution in [3.63, 3.8) is 0 Å². The highest BCUT2D eigenvalue weighted by atomic mass is 16.3. The largest absolute Gasteiger partial charge is 0.493 e. The van der Waals surface area contributed by atoms with E-state index in [2.05, 4.69) is 37.1 Å². The van der Waals surface area contributed by atoms with E-state index in [1.165, 1.54) is 0 Å². The highest BCUT2D eigenvalue weighted by Crippen LogP contribution is 2.36. The Morgan fingerprint density at radius 3 is 2.62 bits per heavy atom. The summed E-state index contributed by atoms with van der Waals surface area (Å²) >= 11 is 0. The molecule has 26 heavy (non-hydrogen) atoms. The Hall–Kier alpha value is -3.08. The van der Waals surface area contributed by atoms with Crippen molar-refractivity contribution < 1.29 is 5.11 Å². The lowest BCUT2D eigenvalue weighted by Crippen LogP contribution is -2.27. The zero-order valence-electron chi connectivity index (χ0n) is 15.4. The van der Waals surface area contributed by atoms with Gasteiger partial charge < -0.3 is 10.4 Å². The van der Waals surface area contributed by atoms with E-state index in [0.29, 0.717) is 11.3 Å². The van der Waals surface area contributed by atoms with Gasteiger partial charge >= 0.3 is 0 Å². The number of pyridine rings is 2. The van der Waals surface area contributed by atoms with Crippen LogP contribution in [-0.2, 0) is 0 Å². The lowest BCUT2D eigenvalue weighted by Gasteiger charge is -2.22. The van der Waals surface area contributed by atoms with E-state index < -0.39 is 0 Å². The molecule has 4 aromatic rings. The standard InChI is InChI=1S/C21H22N4O/c1-13-8-9-16-14(11-13)12-15(20(26)22-16)18-19(24-21(2,3)4)25-10-6-5-7-17(25)23-18/h5-12,24H,1-4H3,(H,22,26). The average Bonchev–Trinajstić information content (AvgIpc) is 2.91. The van der Waals surface area contributed by atoms with E-state index in [4.69, 9.17) is 4.98 Å². The molecule has 0 saturated heterocycles. The van der Waals surface area contributed by atoms with Gasteiger partial charge in [0.05, 0.1) is 11.1 Å². The molecule has 3 aromatic heterocycles. The molecular weight excluding hydrogens is 324 g/mol. The fraction of sp³-hybridized carbons (Fsp3) is 0.238. The summed E-state index contributed by atoms with van der Waals surface area (Å²) in [6.45, 7) is 8.34. The normalized spacial score (nSPS) is 12.0. The van der Waals surface area contributed by atoms with Crippen LogP contribution in [0.1, 0.15) is 26.3 Å². The average molecular weight is 346 g/mol. The third-order valence-corrected chi connectivity index (χ3v) is 4.23. The van der Waals surface area contributed by atoms with Crippen LogP contribution in [0.2, 0.25) is 0 Å². The van der Waals surface area contributed by atoms with Gasteiger partial charge in [-0.05, 0) is 58.0 Å². The van der Waals surface area contributed by atoms with Crippen molar-refractivity contribution in [3.05, 3.63) is 54.2 Å². The van der Waals surface area contributed by atoms with E-state index in [9.17, 15) is 5.11 Å². The van der Waals surface area contributed by atoms with E-state index in [0.717, 1.165) is 27.9 Å². The molecule has 0 saturated carbocycles. The van der Waals surface area contributed by atoms with E-state index in [1.807, 2.05) is 53.9 Å². The smallest absolute Gasteiger partial charge is 0.221 e. The summed E-state index contributed by atoms with van der Waals surface area (Å²) < 4.78 is 2.00. The van der Waals surface area contributed by atoms with Crippen molar-refractivity contribution in [2.75, 3.05) is 5.32 Å². The van der Waals surface area contributed by atoms with Gasteiger partial charge in [-0.15, -0.1) is 0 Å². The van der Waals surface area contributed by atoms with Crippen molar-refractivity contribution >= 4 is 22.4 Å². The predicted octanol–water partition coefficient (Wildman–Crippen LogP) is 4.77. The fourth-order valence-electron chi connectivity index (χ4n) is 3.12. The van der Waals surface area contributed by atoms with Crippen molar-refractivity contribution in [1.29, 1.82) is 0 Å². The number of aromatic nitrogens is 3. The molecular formula is C21H22N4O. The van der Waals surface area contributed by atoms with Gasteiger partial charge in [0.15, 0.2) is 0 Å². The Morgan fingerprint density at radius 1 is 1.04 bits per heavy atom. The molecule has 4 rings (SSSR count). The van der Waals surface area contributed by atoms with Crippen LogP contribution in [0.5, 0.6) is 5.88 Å². The number of benzene rings is 1. The molecule has 5 nitrogen and oxygen atoms in total. The Labute approximate surface area is 152 Å². The van der Waals surface area contributed by atoms with Crippen LogP contribution >= 0.6 is 0 Å². The third-order valence-electron chi connectivity index (χ3n) is 4.23. The van der Waals surface area contributed by atoms with Gasteiger partial charge in [-0.2, -0.15) is 0 Å². The molecule has 0 aliphatic carbocycles. The number of aromatic hydroxyl groups is 1. The number of imidazole rings is 1. The monoisotopic (exact) mass is 346 g/mol. The molecule has 0 aliphatic rings. The first-order valence-electron chi connectivity index (χ1n) is 8.68. The zero-order chi connectivity index (χ0) is 18.5. The molecule has 2 N–H and O–H groups in total. The van der Waals surface area contributed by atoms with Crippen molar-refractivity contribution in [1.82, 2.24) is 14.4 Å². The first-order chi connectivity index (χ1) is 12.3. The van der Waals surface area contributed by atoms with Crippen molar-refractivity contribution in [2.24, 2.45) is 0 Å².